The fraction of sp³-hybridized carbons (Fsp3) is 0.571. The fourth-order valence-electron chi connectivity index (χ4n) is 1.40. The summed E-state index contributed by atoms with van der Waals surface area (Å²) in [4.78, 5) is 22.5. The molecule has 0 fully saturated rings. The van der Waals surface area contributed by atoms with E-state index in [0.29, 0.717) is 0 Å². The lowest BCUT2D eigenvalue weighted by atomic mass is 10.1. The summed E-state index contributed by atoms with van der Waals surface area (Å²) < 4.78 is 9.04. The molecule has 4 N–H and O–H groups in total. The highest BCUT2D eigenvalue weighted by molar-refractivity contribution is 5.82. The van der Waals surface area contributed by atoms with Crippen molar-refractivity contribution in [3.05, 3.63) is 24.3 Å². The molecule has 0 aliphatic carbocycles. The number of allylic oxidation sites excluding steroid dienone is 1. The number of ether oxygens (including phenoxy) is 2. The summed E-state index contributed by atoms with van der Waals surface area (Å²) in [7, 11) is 1.08. The number of aliphatic hydroxyl groups is 4. The molecule has 0 saturated heterocycles. The number of carbonyl (C=O) groups excluding carboxylic acids is 2. The van der Waals surface area contributed by atoms with Crippen molar-refractivity contribution in [3.63, 3.8) is 0 Å². The SMILES string of the molecule is C/C=C/C(O)C(O)/C=C/C(=O)OCC(CO)C(O)C(=O)OC. The van der Waals surface area contributed by atoms with Crippen molar-refractivity contribution in [1.82, 2.24) is 0 Å². The molecule has 4 unspecified atom stereocenters. The number of carbonyl (C=O) groups is 2. The number of methoxy groups -OCH3 is 1. The molecule has 0 aliphatic heterocycles. The van der Waals surface area contributed by atoms with E-state index in [4.69, 9.17) is 9.84 Å². The largest absolute Gasteiger partial charge is 0.467 e. The fourth-order valence-corrected chi connectivity index (χ4v) is 1.40. The third kappa shape index (κ3) is 7.32. The Bertz CT molecular complexity index is 404. The molecular weight excluding hydrogens is 296 g/mol. The predicted molar refractivity (Wildman–Crippen MR) is 75.5 cm³/mol. The highest BCUT2D eigenvalue weighted by atomic mass is 16.5. The first-order valence-electron chi connectivity index (χ1n) is 6.58. The van der Waals surface area contributed by atoms with Crippen LogP contribution in [0.15, 0.2) is 24.3 Å². The second kappa shape index (κ2) is 10.9. The lowest BCUT2D eigenvalue weighted by molar-refractivity contribution is -0.158. The summed E-state index contributed by atoms with van der Waals surface area (Å²) in [5.74, 6) is -2.83. The van der Waals surface area contributed by atoms with E-state index in [1.165, 1.54) is 6.08 Å². The molecule has 0 spiro atoms. The van der Waals surface area contributed by atoms with E-state index in [0.717, 1.165) is 19.3 Å². The van der Waals surface area contributed by atoms with Gasteiger partial charge in [-0.1, -0.05) is 12.2 Å². The van der Waals surface area contributed by atoms with Crippen LogP contribution in [0.3, 0.4) is 0 Å². The van der Waals surface area contributed by atoms with Gasteiger partial charge in [-0.15, -0.1) is 0 Å². The van der Waals surface area contributed by atoms with Gasteiger partial charge in [-0.2, -0.15) is 0 Å². The van der Waals surface area contributed by atoms with Crippen molar-refractivity contribution in [2.45, 2.75) is 25.2 Å². The molecule has 0 aromatic heterocycles. The van der Waals surface area contributed by atoms with Gasteiger partial charge in [0.1, 0.15) is 12.2 Å². The van der Waals surface area contributed by atoms with Gasteiger partial charge in [0, 0.05) is 6.08 Å². The lowest BCUT2D eigenvalue weighted by Crippen LogP contribution is -2.36. The van der Waals surface area contributed by atoms with Crippen molar-refractivity contribution in [3.8, 4) is 0 Å². The molecular formula is C14H22O8. The third-order valence-corrected chi connectivity index (χ3v) is 2.73. The normalized spacial score (nSPS) is 17.2. The third-order valence-electron chi connectivity index (χ3n) is 2.73. The predicted octanol–water partition coefficient (Wildman–Crippen LogP) is -1.47. The van der Waals surface area contributed by atoms with Crippen LogP contribution in [0.25, 0.3) is 0 Å². The summed E-state index contributed by atoms with van der Waals surface area (Å²) in [5, 5.41) is 37.4. The zero-order valence-electron chi connectivity index (χ0n) is 12.5. The Morgan fingerprint density at radius 2 is 1.73 bits per heavy atom. The van der Waals surface area contributed by atoms with E-state index in [9.17, 15) is 24.9 Å². The van der Waals surface area contributed by atoms with Gasteiger partial charge in [0.15, 0.2) is 6.10 Å². The summed E-state index contributed by atoms with van der Waals surface area (Å²) in [6.07, 6.45) is 0.774. The van der Waals surface area contributed by atoms with Crippen LogP contribution in [-0.2, 0) is 19.1 Å². The van der Waals surface area contributed by atoms with Crippen molar-refractivity contribution in [1.29, 1.82) is 0 Å². The Morgan fingerprint density at radius 1 is 1.14 bits per heavy atom. The highest BCUT2D eigenvalue weighted by Gasteiger charge is 2.27. The molecule has 0 saturated carbocycles. The van der Waals surface area contributed by atoms with E-state index < -0.39 is 49.4 Å². The van der Waals surface area contributed by atoms with Crippen molar-refractivity contribution >= 4 is 11.9 Å². The Kier molecular flexibility index (Phi) is 10.0. The number of hydrogen-bond acceptors (Lipinski definition) is 8. The number of aliphatic hydroxyl groups excluding tert-OH is 4. The van der Waals surface area contributed by atoms with Crippen LogP contribution in [-0.4, -0.2) is 71.0 Å². The molecule has 0 rings (SSSR count). The molecule has 126 valence electrons. The molecule has 8 nitrogen and oxygen atoms in total. The zero-order chi connectivity index (χ0) is 17.1. The van der Waals surface area contributed by atoms with Gasteiger partial charge >= 0.3 is 11.9 Å². The van der Waals surface area contributed by atoms with E-state index in [1.54, 1.807) is 13.0 Å². The number of rotatable bonds is 9. The van der Waals surface area contributed by atoms with E-state index >= 15 is 0 Å². The van der Waals surface area contributed by atoms with Gasteiger partial charge < -0.3 is 29.9 Å². The van der Waals surface area contributed by atoms with Crippen LogP contribution < -0.4 is 0 Å². The van der Waals surface area contributed by atoms with Crippen LogP contribution in [0.4, 0.5) is 0 Å². The quantitative estimate of drug-likeness (QED) is 0.230. The van der Waals surface area contributed by atoms with Gasteiger partial charge in [0.25, 0.3) is 0 Å². The average Bonchev–Trinajstić information content (AvgIpc) is 2.52. The Morgan fingerprint density at radius 3 is 2.23 bits per heavy atom. The molecule has 0 heterocycles. The Balaban J connectivity index is 4.39. The maximum Gasteiger partial charge on any atom is 0.335 e. The molecule has 4 atom stereocenters. The molecule has 0 aromatic rings. The maximum absolute atomic E-state index is 11.4. The van der Waals surface area contributed by atoms with Gasteiger partial charge in [0.2, 0.25) is 0 Å². The van der Waals surface area contributed by atoms with Crippen LogP contribution in [0.5, 0.6) is 0 Å². The molecule has 0 radical (unpaired) electrons. The lowest BCUT2D eigenvalue weighted by Gasteiger charge is -2.18. The first-order chi connectivity index (χ1) is 10.4. The van der Waals surface area contributed by atoms with Crippen molar-refractivity contribution in [2.75, 3.05) is 20.3 Å². The van der Waals surface area contributed by atoms with Crippen molar-refractivity contribution in [2.24, 2.45) is 5.92 Å². The van der Waals surface area contributed by atoms with E-state index in [2.05, 4.69) is 4.74 Å². The first kappa shape index (κ1) is 20.3. The first-order valence-corrected chi connectivity index (χ1v) is 6.58. The minimum atomic E-state index is -1.62. The standard InChI is InChI=1S/C14H22O8/c1-3-4-10(16)11(17)5-6-12(18)22-8-9(7-15)13(19)14(20)21-2/h3-6,9-11,13,15-17,19H,7-8H2,1-2H3/b4-3+,6-5+. The zero-order valence-corrected chi connectivity index (χ0v) is 12.5. The van der Waals surface area contributed by atoms with Gasteiger partial charge in [-0.05, 0) is 13.0 Å². The average molecular weight is 318 g/mol. The Labute approximate surface area is 128 Å². The van der Waals surface area contributed by atoms with Crippen molar-refractivity contribution < 1.29 is 39.5 Å². The number of esters is 2. The van der Waals surface area contributed by atoms with Crippen LogP contribution >= 0.6 is 0 Å². The smallest absolute Gasteiger partial charge is 0.335 e. The topological polar surface area (TPSA) is 134 Å². The van der Waals surface area contributed by atoms with Crippen LogP contribution in [0, 0.1) is 5.92 Å². The molecule has 0 bridgehead atoms. The monoisotopic (exact) mass is 318 g/mol. The second-order valence-electron chi connectivity index (χ2n) is 4.41. The minimum Gasteiger partial charge on any atom is -0.467 e. The summed E-state index contributed by atoms with van der Waals surface area (Å²) >= 11 is 0. The minimum absolute atomic E-state index is 0.413. The van der Waals surface area contributed by atoms with Gasteiger partial charge in [0.05, 0.1) is 26.2 Å². The summed E-state index contributed by atoms with van der Waals surface area (Å²) in [6.45, 7) is 0.662. The molecule has 0 amide bonds. The summed E-state index contributed by atoms with van der Waals surface area (Å²) in [5.41, 5.74) is 0. The van der Waals surface area contributed by atoms with Crippen LogP contribution in [0.2, 0.25) is 0 Å². The second-order valence-corrected chi connectivity index (χ2v) is 4.41. The molecule has 22 heavy (non-hydrogen) atoms. The summed E-state index contributed by atoms with van der Waals surface area (Å²) in [6, 6.07) is 0. The Hall–Kier alpha value is -1.74. The number of hydrogen-bond donors (Lipinski definition) is 4. The molecule has 0 aliphatic rings. The van der Waals surface area contributed by atoms with Gasteiger partial charge in [-0.25, -0.2) is 9.59 Å². The van der Waals surface area contributed by atoms with E-state index in [1.807, 2.05) is 0 Å². The molecule has 8 heteroatoms. The molecule has 0 aromatic carbocycles. The maximum atomic E-state index is 11.4. The van der Waals surface area contributed by atoms with Gasteiger partial charge in [-0.3, -0.25) is 0 Å². The van der Waals surface area contributed by atoms with Crippen LogP contribution in [0.1, 0.15) is 6.92 Å². The highest BCUT2D eigenvalue weighted by Crippen LogP contribution is 2.06. The van der Waals surface area contributed by atoms with E-state index in [-0.39, 0.29) is 0 Å².